The molecule has 0 radical (unpaired) electrons. The molecule has 1 aliphatic rings. The van der Waals surface area contributed by atoms with Crippen molar-refractivity contribution in [3.63, 3.8) is 0 Å². The molecule has 3 aromatic rings. The summed E-state index contributed by atoms with van der Waals surface area (Å²) in [5.74, 6) is -0.418. The summed E-state index contributed by atoms with van der Waals surface area (Å²) < 4.78 is 26.7. The van der Waals surface area contributed by atoms with Crippen LogP contribution in [0.5, 0.6) is 0 Å². The molecule has 0 amide bonds. The number of hydrogen-bond donors (Lipinski definition) is 2. The van der Waals surface area contributed by atoms with Gasteiger partial charge >= 0.3 is 5.97 Å². The first-order chi connectivity index (χ1) is 15.0. The molecule has 32 heavy (non-hydrogen) atoms. The molecular weight excluding hydrogens is 432 g/mol. The highest BCUT2D eigenvalue weighted by atomic mass is 32.2. The third-order valence-corrected chi connectivity index (χ3v) is 7.15. The fourth-order valence-electron chi connectivity index (χ4n) is 4.56. The van der Waals surface area contributed by atoms with Crippen LogP contribution in [-0.4, -0.2) is 51.9 Å². The molecule has 0 saturated carbocycles. The zero-order valence-electron chi connectivity index (χ0n) is 18.4. The first-order valence-corrected chi connectivity index (χ1v) is 12.2. The van der Waals surface area contributed by atoms with Crippen molar-refractivity contribution in [2.45, 2.75) is 44.9 Å². The number of nitrogens with zero attached hydrogens (tertiary/aromatic N) is 4. The minimum atomic E-state index is -3.49. The Bertz CT molecular complexity index is 1330. The average Bonchev–Trinajstić information content (AvgIpc) is 3.08. The largest absolute Gasteiger partial charge is 0.478 e. The van der Waals surface area contributed by atoms with Gasteiger partial charge in [-0.15, -0.1) is 0 Å². The minimum Gasteiger partial charge on any atom is -0.478 e. The Balaban J connectivity index is 1.86. The zero-order valence-corrected chi connectivity index (χ0v) is 19.2. The van der Waals surface area contributed by atoms with Crippen LogP contribution in [0.3, 0.4) is 0 Å². The quantitative estimate of drug-likeness (QED) is 0.597. The number of carbonyl (C=O) groups is 1. The molecule has 9 nitrogen and oxygen atoms in total. The number of benzene rings is 1. The van der Waals surface area contributed by atoms with Gasteiger partial charge in [0.15, 0.2) is 9.84 Å². The van der Waals surface area contributed by atoms with Gasteiger partial charge in [0.05, 0.1) is 28.8 Å². The van der Waals surface area contributed by atoms with Crippen LogP contribution in [0.1, 0.15) is 47.2 Å². The molecule has 10 heteroatoms. The van der Waals surface area contributed by atoms with Crippen molar-refractivity contribution in [2.75, 3.05) is 17.7 Å². The standard InChI is InChI=1S/C22H26N4O5S/c1-12(2)20-18-8-14-7-15(11-27)19(32(4,30)31)9-17(14)25(18)5-6-26(20)22-23-10-16(21(28)29)13(3)24-22/h7-10,12,20,27H,5-6,11H2,1-4H3,(H,28,29)/t20-/m1/s1. The van der Waals surface area contributed by atoms with Crippen LogP contribution in [0, 0.1) is 12.8 Å². The van der Waals surface area contributed by atoms with E-state index in [1.54, 1.807) is 19.1 Å². The molecule has 2 aromatic heterocycles. The summed E-state index contributed by atoms with van der Waals surface area (Å²) in [5, 5.41) is 19.9. The van der Waals surface area contributed by atoms with Gasteiger partial charge in [0.25, 0.3) is 0 Å². The van der Waals surface area contributed by atoms with Gasteiger partial charge in [-0.25, -0.2) is 23.2 Å². The fraction of sp³-hybridized carbons (Fsp3) is 0.409. The van der Waals surface area contributed by atoms with Crippen molar-refractivity contribution >= 4 is 32.7 Å². The molecule has 0 fully saturated rings. The van der Waals surface area contributed by atoms with E-state index in [-0.39, 0.29) is 29.0 Å². The van der Waals surface area contributed by atoms with Crippen LogP contribution in [0.25, 0.3) is 10.9 Å². The van der Waals surface area contributed by atoms with E-state index in [1.165, 1.54) is 6.20 Å². The predicted octanol–water partition coefficient (Wildman–Crippen LogP) is 2.55. The van der Waals surface area contributed by atoms with Crippen LogP contribution < -0.4 is 4.90 Å². The number of sulfone groups is 1. The maximum atomic E-state index is 12.3. The van der Waals surface area contributed by atoms with E-state index >= 15 is 0 Å². The number of carboxylic acid groups (broad SMARTS) is 1. The normalized spacial score (nSPS) is 16.6. The van der Waals surface area contributed by atoms with E-state index in [0.717, 1.165) is 22.9 Å². The summed E-state index contributed by atoms with van der Waals surface area (Å²) in [6.45, 7) is 6.65. The second kappa shape index (κ2) is 7.86. The molecule has 0 saturated heterocycles. The maximum Gasteiger partial charge on any atom is 0.339 e. The van der Waals surface area contributed by atoms with Crippen LogP contribution in [0.15, 0.2) is 29.3 Å². The summed E-state index contributed by atoms with van der Waals surface area (Å²) in [4.78, 5) is 22.3. The number of anilines is 1. The number of aliphatic hydroxyl groups is 1. The molecular formula is C22H26N4O5S. The first-order valence-electron chi connectivity index (χ1n) is 10.3. The Morgan fingerprint density at radius 3 is 2.53 bits per heavy atom. The Kier molecular flexibility index (Phi) is 5.46. The van der Waals surface area contributed by atoms with Gasteiger partial charge in [-0.05, 0) is 36.6 Å². The number of aromatic carboxylic acids is 1. The number of hydrogen-bond acceptors (Lipinski definition) is 7. The van der Waals surface area contributed by atoms with E-state index < -0.39 is 15.8 Å². The average molecular weight is 459 g/mol. The molecule has 0 bridgehead atoms. The third-order valence-electron chi connectivity index (χ3n) is 5.97. The van der Waals surface area contributed by atoms with Gasteiger partial charge in [-0.1, -0.05) is 13.8 Å². The van der Waals surface area contributed by atoms with Crippen molar-refractivity contribution in [3.05, 3.63) is 46.9 Å². The highest BCUT2D eigenvalue weighted by Gasteiger charge is 2.34. The van der Waals surface area contributed by atoms with Crippen molar-refractivity contribution in [2.24, 2.45) is 5.92 Å². The molecule has 1 atom stereocenters. The Hall–Kier alpha value is -2.98. The van der Waals surface area contributed by atoms with Gasteiger partial charge in [-0.3, -0.25) is 0 Å². The Labute approximate surface area is 186 Å². The minimum absolute atomic E-state index is 0.0748. The van der Waals surface area contributed by atoms with Crippen LogP contribution in [0.2, 0.25) is 0 Å². The number of aromatic nitrogens is 3. The number of carboxylic acids is 1. The fourth-order valence-corrected chi connectivity index (χ4v) is 5.48. The van der Waals surface area contributed by atoms with Crippen molar-refractivity contribution in [1.82, 2.24) is 14.5 Å². The second-order valence-corrected chi connectivity index (χ2v) is 10.5. The number of fused-ring (bicyclic) bond motifs is 3. The molecule has 170 valence electrons. The van der Waals surface area contributed by atoms with Gasteiger partial charge in [0.1, 0.15) is 0 Å². The molecule has 0 unspecified atom stereocenters. The lowest BCUT2D eigenvalue weighted by molar-refractivity contribution is 0.0695. The van der Waals surface area contributed by atoms with E-state index in [1.807, 2.05) is 6.07 Å². The third kappa shape index (κ3) is 3.63. The van der Waals surface area contributed by atoms with E-state index in [9.17, 15) is 23.4 Å². The van der Waals surface area contributed by atoms with Gasteiger partial charge < -0.3 is 19.7 Å². The highest BCUT2D eigenvalue weighted by Crippen LogP contribution is 2.39. The van der Waals surface area contributed by atoms with E-state index in [2.05, 4.69) is 33.3 Å². The molecule has 3 heterocycles. The number of rotatable bonds is 5. The SMILES string of the molecule is Cc1nc(N2CCn3c(cc4cc(CO)c(S(C)(=O)=O)cc43)[C@H]2C(C)C)ncc1C(=O)O. The van der Waals surface area contributed by atoms with Gasteiger partial charge in [0, 0.05) is 42.1 Å². The smallest absolute Gasteiger partial charge is 0.339 e. The Morgan fingerprint density at radius 1 is 1.25 bits per heavy atom. The molecule has 1 aliphatic heterocycles. The van der Waals surface area contributed by atoms with Crippen molar-refractivity contribution in [3.8, 4) is 0 Å². The van der Waals surface area contributed by atoms with Crippen molar-refractivity contribution in [1.29, 1.82) is 0 Å². The highest BCUT2D eigenvalue weighted by molar-refractivity contribution is 7.90. The Morgan fingerprint density at radius 2 is 1.97 bits per heavy atom. The van der Waals surface area contributed by atoms with E-state index in [0.29, 0.717) is 30.3 Å². The lowest BCUT2D eigenvalue weighted by Crippen LogP contribution is -2.41. The summed E-state index contributed by atoms with van der Waals surface area (Å²) in [7, 11) is -3.49. The second-order valence-electron chi connectivity index (χ2n) is 8.53. The topological polar surface area (TPSA) is 126 Å². The molecule has 4 rings (SSSR count). The summed E-state index contributed by atoms with van der Waals surface area (Å²) in [6, 6.07) is 5.32. The van der Waals surface area contributed by atoms with Crippen LogP contribution in [0.4, 0.5) is 5.95 Å². The maximum absolute atomic E-state index is 12.3. The van der Waals surface area contributed by atoms with Gasteiger partial charge in [-0.2, -0.15) is 0 Å². The monoisotopic (exact) mass is 458 g/mol. The van der Waals surface area contributed by atoms with E-state index in [4.69, 9.17) is 0 Å². The lowest BCUT2D eigenvalue weighted by atomic mass is 9.97. The van der Waals surface area contributed by atoms with Gasteiger partial charge in [0.2, 0.25) is 5.95 Å². The number of aryl methyl sites for hydroxylation is 1. The van der Waals surface area contributed by atoms with Crippen LogP contribution >= 0.6 is 0 Å². The molecule has 0 spiro atoms. The molecule has 0 aliphatic carbocycles. The zero-order chi connectivity index (χ0) is 23.4. The molecule has 2 N–H and O–H groups in total. The number of aliphatic hydroxyl groups excluding tert-OH is 1. The van der Waals surface area contributed by atoms with Crippen LogP contribution in [-0.2, 0) is 23.0 Å². The first kappa shape index (κ1) is 22.2. The molecule has 1 aromatic carbocycles. The lowest BCUT2D eigenvalue weighted by Gasteiger charge is -2.39. The summed E-state index contributed by atoms with van der Waals surface area (Å²) in [6.07, 6.45) is 2.49. The van der Waals surface area contributed by atoms with Crippen molar-refractivity contribution < 1.29 is 23.4 Å². The summed E-state index contributed by atoms with van der Waals surface area (Å²) in [5.41, 5.74) is 2.66. The predicted molar refractivity (Wildman–Crippen MR) is 120 cm³/mol. The summed E-state index contributed by atoms with van der Waals surface area (Å²) >= 11 is 0.